The summed E-state index contributed by atoms with van der Waals surface area (Å²) in [5.41, 5.74) is 1.77. The highest BCUT2D eigenvalue weighted by Gasteiger charge is 2.35. The average molecular weight is 404 g/mol. The molecule has 0 spiro atoms. The second-order valence-electron chi connectivity index (χ2n) is 7.37. The SMILES string of the molecule is COC(=O)C1=C(C[NH+]2CCCCCC2)NC(=O)N[C@H]1c1ccc(OC)c(OC)c1. The van der Waals surface area contributed by atoms with Gasteiger partial charge in [-0.2, -0.15) is 0 Å². The van der Waals surface area contributed by atoms with Crippen LogP contribution in [0.5, 0.6) is 11.5 Å². The molecular formula is C21H30N3O5+. The van der Waals surface area contributed by atoms with E-state index in [-0.39, 0.29) is 6.03 Å². The number of carbonyl (C=O) groups is 2. The fraction of sp³-hybridized carbons (Fsp3) is 0.524. The maximum absolute atomic E-state index is 12.7. The zero-order valence-electron chi connectivity index (χ0n) is 17.3. The molecular weight excluding hydrogens is 374 g/mol. The lowest BCUT2D eigenvalue weighted by Gasteiger charge is -2.30. The van der Waals surface area contributed by atoms with E-state index in [2.05, 4.69) is 10.6 Å². The third kappa shape index (κ3) is 4.82. The summed E-state index contributed by atoms with van der Waals surface area (Å²) in [5.74, 6) is 0.651. The van der Waals surface area contributed by atoms with Gasteiger partial charge in [0.2, 0.25) is 0 Å². The van der Waals surface area contributed by atoms with Crippen molar-refractivity contribution in [2.75, 3.05) is 41.0 Å². The van der Waals surface area contributed by atoms with Gasteiger partial charge in [0.25, 0.3) is 0 Å². The average Bonchev–Trinajstić information content (AvgIpc) is 3.01. The molecule has 2 heterocycles. The summed E-state index contributed by atoms with van der Waals surface area (Å²) in [6, 6.07) is 4.39. The van der Waals surface area contributed by atoms with E-state index >= 15 is 0 Å². The van der Waals surface area contributed by atoms with E-state index in [9.17, 15) is 9.59 Å². The van der Waals surface area contributed by atoms with Gasteiger partial charge in [-0.15, -0.1) is 0 Å². The van der Waals surface area contributed by atoms with Gasteiger partial charge in [-0.1, -0.05) is 6.07 Å². The van der Waals surface area contributed by atoms with Crippen LogP contribution in [0.4, 0.5) is 4.79 Å². The molecule has 29 heavy (non-hydrogen) atoms. The van der Waals surface area contributed by atoms with Gasteiger partial charge >= 0.3 is 12.0 Å². The van der Waals surface area contributed by atoms with Crippen LogP contribution in [0.3, 0.4) is 0 Å². The Labute approximate surface area is 171 Å². The van der Waals surface area contributed by atoms with Crippen molar-refractivity contribution in [2.24, 2.45) is 0 Å². The first-order valence-corrected chi connectivity index (χ1v) is 10.0. The topological polar surface area (TPSA) is 90.3 Å². The van der Waals surface area contributed by atoms with E-state index in [4.69, 9.17) is 14.2 Å². The number of carbonyl (C=O) groups excluding carboxylic acids is 2. The molecule has 0 aromatic heterocycles. The Morgan fingerprint density at radius 1 is 1.07 bits per heavy atom. The summed E-state index contributed by atoms with van der Waals surface area (Å²) in [4.78, 5) is 26.5. The Bertz CT molecular complexity index is 785. The van der Waals surface area contributed by atoms with Crippen LogP contribution in [0.1, 0.15) is 37.3 Å². The minimum Gasteiger partial charge on any atom is -0.493 e. The number of hydrogen-bond donors (Lipinski definition) is 3. The second-order valence-corrected chi connectivity index (χ2v) is 7.37. The van der Waals surface area contributed by atoms with Gasteiger partial charge in [0.1, 0.15) is 6.54 Å². The highest BCUT2D eigenvalue weighted by Crippen LogP contribution is 2.34. The first kappa shape index (κ1) is 21.0. The molecule has 158 valence electrons. The monoisotopic (exact) mass is 404 g/mol. The van der Waals surface area contributed by atoms with E-state index < -0.39 is 12.0 Å². The maximum atomic E-state index is 12.7. The summed E-state index contributed by atoms with van der Waals surface area (Å²) < 4.78 is 15.8. The molecule has 8 heteroatoms. The Kier molecular flexibility index (Phi) is 6.98. The lowest BCUT2D eigenvalue weighted by Crippen LogP contribution is -3.12. The smallest absolute Gasteiger partial charge is 0.338 e. The Morgan fingerprint density at radius 3 is 2.38 bits per heavy atom. The molecule has 3 N–H and O–H groups in total. The first-order chi connectivity index (χ1) is 14.1. The van der Waals surface area contributed by atoms with Gasteiger partial charge < -0.3 is 29.7 Å². The number of quaternary nitrogens is 1. The molecule has 0 aliphatic carbocycles. The van der Waals surface area contributed by atoms with Crippen molar-refractivity contribution in [1.82, 2.24) is 10.6 Å². The number of ether oxygens (including phenoxy) is 3. The number of esters is 1. The van der Waals surface area contributed by atoms with Crippen LogP contribution in [-0.2, 0) is 9.53 Å². The van der Waals surface area contributed by atoms with Gasteiger partial charge in [0.15, 0.2) is 11.5 Å². The van der Waals surface area contributed by atoms with Crippen molar-refractivity contribution in [2.45, 2.75) is 31.7 Å². The molecule has 1 aromatic carbocycles. The normalized spacial score (nSPS) is 20.4. The fourth-order valence-corrected chi connectivity index (χ4v) is 4.05. The Balaban J connectivity index is 1.99. The van der Waals surface area contributed by atoms with Crippen LogP contribution in [0.2, 0.25) is 0 Å². The first-order valence-electron chi connectivity index (χ1n) is 10.0. The fourth-order valence-electron chi connectivity index (χ4n) is 4.05. The van der Waals surface area contributed by atoms with Gasteiger partial charge in [-0.3, -0.25) is 0 Å². The number of methoxy groups -OCH3 is 3. The van der Waals surface area contributed by atoms with E-state index in [0.29, 0.717) is 29.3 Å². The minimum absolute atomic E-state index is 0.332. The van der Waals surface area contributed by atoms with Crippen LogP contribution in [-0.4, -0.2) is 53.0 Å². The largest absolute Gasteiger partial charge is 0.493 e. The number of urea groups is 1. The zero-order chi connectivity index (χ0) is 20.8. The molecule has 1 fully saturated rings. The molecule has 0 radical (unpaired) electrons. The van der Waals surface area contributed by atoms with Crippen LogP contribution in [0, 0.1) is 0 Å². The second kappa shape index (κ2) is 9.65. The van der Waals surface area contributed by atoms with E-state index in [1.807, 2.05) is 6.07 Å². The Hall–Kier alpha value is -2.74. The number of nitrogens with one attached hydrogen (secondary N) is 3. The predicted octanol–water partition coefficient (Wildman–Crippen LogP) is 0.944. The van der Waals surface area contributed by atoms with Crippen LogP contribution in [0.15, 0.2) is 29.5 Å². The molecule has 2 aliphatic heterocycles. The summed E-state index contributed by atoms with van der Waals surface area (Å²) >= 11 is 0. The van der Waals surface area contributed by atoms with Gasteiger partial charge in [-0.25, -0.2) is 9.59 Å². The standard InChI is InChI=1S/C21H29N3O5/c1-27-16-9-8-14(12-17(16)28-2)19-18(20(25)29-3)15(22-21(26)23-19)13-24-10-6-4-5-7-11-24/h8-9,12,19H,4-7,10-11,13H2,1-3H3,(H2,22,23,26)/p+1/t19-/m0/s1. The van der Waals surface area contributed by atoms with Gasteiger partial charge in [0, 0.05) is 0 Å². The molecule has 0 bridgehead atoms. The summed E-state index contributed by atoms with van der Waals surface area (Å²) in [7, 11) is 4.47. The molecule has 0 saturated carbocycles. The van der Waals surface area contributed by atoms with Crippen LogP contribution >= 0.6 is 0 Å². The summed E-state index contributed by atoms with van der Waals surface area (Å²) in [6.45, 7) is 2.65. The summed E-state index contributed by atoms with van der Waals surface area (Å²) in [6.07, 6.45) is 4.77. The van der Waals surface area contributed by atoms with E-state index in [1.165, 1.54) is 24.9 Å². The van der Waals surface area contributed by atoms with Crippen molar-refractivity contribution < 1.29 is 28.7 Å². The van der Waals surface area contributed by atoms with Gasteiger partial charge in [0.05, 0.1) is 51.7 Å². The van der Waals surface area contributed by atoms with Crippen LogP contribution in [0.25, 0.3) is 0 Å². The van der Waals surface area contributed by atoms with E-state index in [1.54, 1.807) is 26.4 Å². The number of hydrogen-bond acceptors (Lipinski definition) is 5. The molecule has 2 aliphatic rings. The lowest BCUT2D eigenvalue weighted by molar-refractivity contribution is -0.894. The molecule has 1 aromatic rings. The molecule has 8 nitrogen and oxygen atoms in total. The molecule has 0 unspecified atom stereocenters. The number of rotatable bonds is 6. The van der Waals surface area contributed by atoms with Crippen molar-refractivity contribution in [3.05, 3.63) is 35.0 Å². The van der Waals surface area contributed by atoms with Crippen LogP contribution < -0.4 is 25.0 Å². The minimum atomic E-state index is -0.627. The zero-order valence-corrected chi connectivity index (χ0v) is 17.3. The Morgan fingerprint density at radius 2 is 1.76 bits per heavy atom. The maximum Gasteiger partial charge on any atom is 0.338 e. The van der Waals surface area contributed by atoms with E-state index in [0.717, 1.165) is 31.5 Å². The molecule has 1 saturated heterocycles. The number of amides is 2. The van der Waals surface area contributed by atoms with Crippen molar-refractivity contribution >= 4 is 12.0 Å². The van der Waals surface area contributed by atoms with Gasteiger partial charge in [-0.05, 0) is 43.4 Å². The van der Waals surface area contributed by atoms with Crippen molar-refractivity contribution in [3.8, 4) is 11.5 Å². The molecule has 3 rings (SSSR count). The quantitative estimate of drug-likeness (QED) is 0.614. The predicted molar refractivity (Wildman–Crippen MR) is 107 cm³/mol. The molecule has 2 amide bonds. The number of benzene rings is 1. The third-order valence-electron chi connectivity index (χ3n) is 5.54. The number of likely N-dealkylation sites (tertiary alicyclic amines) is 1. The van der Waals surface area contributed by atoms with Crippen molar-refractivity contribution in [1.29, 1.82) is 0 Å². The molecule has 1 atom stereocenters. The van der Waals surface area contributed by atoms with Crippen molar-refractivity contribution in [3.63, 3.8) is 0 Å². The highest BCUT2D eigenvalue weighted by atomic mass is 16.5. The summed E-state index contributed by atoms with van der Waals surface area (Å²) in [5, 5.41) is 5.70. The highest BCUT2D eigenvalue weighted by molar-refractivity contribution is 5.95. The lowest BCUT2D eigenvalue weighted by atomic mass is 9.94. The third-order valence-corrected chi connectivity index (χ3v) is 5.54.